The number of carbonyl (C=O) groups excluding carboxylic acids is 1. The van der Waals surface area contributed by atoms with Crippen molar-refractivity contribution in [2.45, 2.75) is 31.3 Å². The summed E-state index contributed by atoms with van der Waals surface area (Å²) in [5.74, 6) is -0.745. The molecule has 0 spiro atoms. The molecule has 3 atom stereocenters. The Morgan fingerprint density at radius 1 is 1.07 bits per heavy atom. The quantitative estimate of drug-likeness (QED) is 0.843. The highest BCUT2D eigenvalue weighted by Gasteiger charge is 2.37. The number of carbonyl (C=O) groups is 2. The van der Waals surface area contributed by atoms with Crippen LogP contribution < -0.4 is 10.9 Å². The maximum absolute atomic E-state index is 12.8. The van der Waals surface area contributed by atoms with E-state index in [0.717, 1.165) is 17.7 Å². The summed E-state index contributed by atoms with van der Waals surface area (Å²) in [5, 5.41) is 12.2. The summed E-state index contributed by atoms with van der Waals surface area (Å²) in [6, 6.07) is 13.2. The van der Waals surface area contributed by atoms with Gasteiger partial charge in [0, 0.05) is 43.7 Å². The van der Waals surface area contributed by atoms with Crippen LogP contribution >= 0.6 is 0 Å². The lowest BCUT2D eigenvalue weighted by molar-refractivity contribution is -0.139. The Balaban J connectivity index is 1.47. The molecular weight excluding hydrogens is 358 g/mol. The number of hydrogen-bond donors (Lipinski definition) is 2. The van der Waals surface area contributed by atoms with Crippen LogP contribution in [0.15, 0.2) is 53.3 Å². The Labute approximate surface area is 162 Å². The van der Waals surface area contributed by atoms with E-state index < -0.39 is 12.0 Å². The molecular formula is C21H23N3O4. The van der Waals surface area contributed by atoms with Crippen molar-refractivity contribution in [3.8, 4) is 0 Å². The summed E-state index contributed by atoms with van der Waals surface area (Å²) in [6.45, 7) is 1.62. The van der Waals surface area contributed by atoms with Crippen molar-refractivity contribution in [3.05, 3.63) is 70.1 Å². The Hall–Kier alpha value is -3.09. The molecule has 4 rings (SSSR count). The number of nitrogens with one attached hydrogen (secondary N) is 1. The van der Waals surface area contributed by atoms with E-state index >= 15 is 0 Å². The number of nitrogens with zero attached hydrogens (tertiary/aromatic N) is 2. The Bertz CT molecular complexity index is 940. The van der Waals surface area contributed by atoms with Crippen LogP contribution in [0.5, 0.6) is 0 Å². The predicted molar refractivity (Wildman–Crippen MR) is 103 cm³/mol. The van der Waals surface area contributed by atoms with Gasteiger partial charge in [-0.15, -0.1) is 0 Å². The van der Waals surface area contributed by atoms with Crippen LogP contribution in [0, 0.1) is 5.92 Å². The number of piperidine rings is 1. The van der Waals surface area contributed by atoms with Gasteiger partial charge in [0.15, 0.2) is 0 Å². The molecule has 2 N–H and O–H groups in total. The van der Waals surface area contributed by atoms with Crippen LogP contribution in [0.2, 0.25) is 0 Å². The first-order valence-corrected chi connectivity index (χ1v) is 9.53. The number of likely N-dealkylation sites (tertiary alicyclic amines) is 1. The molecule has 1 aromatic heterocycles. The topological polar surface area (TPSA) is 91.6 Å². The molecule has 7 heteroatoms. The van der Waals surface area contributed by atoms with E-state index in [9.17, 15) is 19.5 Å². The fraction of sp³-hybridized carbons (Fsp3) is 0.381. The molecule has 2 aliphatic heterocycles. The molecule has 0 aliphatic carbocycles. The minimum Gasteiger partial charge on any atom is -0.480 e. The lowest BCUT2D eigenvalue weighted by Gasteiger charge is -2.42. The Morgan fingerprint density at radius 2 is 1.86 bits per heavy atom. The first-order valence-electron chi connectivity index (χ1n) is 9.53. The molecule has 0 unspecified atom stereocenters. The molecule has 0 saturated carbocycles. The minimum atomic E-state index is -1.05. The van der Waals surface area contributed by atoms with Crippen LogP contribution in [0.4, 0.5) is 4.79 Å². The molecule has 2 aliphatic rings. The Morgan fingerprint density at radius 3 is 2.61 bits per heavy atom. The second-order valence-electron chi connectivity index (χ2n) is 7.63. The van der Waals surface area contributed by atoms with E-state index in [-0.39, 0.29) is 29.8 Å². The van der Waals surface area contributed by atoms with Crippen molar-refractivity contribution in [2.75, 3.05) is 13.1 Å². The number of fused-ring (bicyclic) bond motifs is 4. The summed E-state index contributed by atoms with van der Waals surface area (Å²) in [7, 11) is 0. The van der Waals surface area contributed by atoms with Gasteiger partial charge in [-0.25, -0.2) is 9.59 Å². The molecule has 1 aromatic carbocycles. The minimum absolute atomic E-state index is 0.00101. The number of benzene rings is 1. The molecule has 2 aromatic rings. The number of hydrogen-bond acceptors (Lipinski definition) is 3. The molecule has 0 radical (unpaired) electrons. The highest BCUT2D eigenvalue weighted by Crippen LogP contribution is 2.34. The predicted octanol–water partition coefficient (Wildman–Crippen LogP) is 1.67. The normalized spacial score (nSPS) is 21.5. The van der Waals surface area contributed by atoms with Crippen molar-refractivity contribution in [3.63, 3.8) is 0 Å². The van der Waals surface area contributed by atoms with E-state index in [1.807, 2.05) is 41.0 Å². The number of urea groups is 1. The number of amides is 2. The summed E-state index contributed by atoms with van der Waals surface area (Å²) >= 11 is 0. The maximum Gasteiger partial charge on any atom is 0.326 e. The summed E-state index contributed by atoms with van der Waals surface area (Å²) in [4.78, 5) is 38.2. The van der Waals surface area contributed by atoms with E-state index in [4.69, 9.17) is 0 Å². The average molecular weight is 381 g/mol. The fourth-order valence-electron chi connectivity index (χ4n) is 4.35. The third kappa shape index (κ3) is 3.65. The smallest absolute Gasteiger partial charge is 0.326 e. The van der Waals surface area contributed by atoms with Crippen molar-refractivity contribution in [1.82, 2.24) is 14.8 Å². The van der Waals surface area contributed by atoms with E-state index in [0.29, 0.717) is 19.6 Å². The third-order valence-corrected chi connectivity index (χ3v) is 5.65. The zero-order chi connectivity index (χ0) is 19.7. The molecule has 2 bridgehead atoms. The van der Waals surface area contributed by atoms with Gasteiger partial charge in [-0.1, -0.05) is 36.4 Å². The van der Waals surface area contributed by atoms with Gasteiger partial charge < -0.3 is 19.9 Å². The highest BCUT2D eigenvalue weighted by molar-refractivity contribution is 5.83. The lowest BCUT2D eigenvalue weighted by atomic mass is 9.83. The fourth-order valence-corrected chi connectivity index (χ4v) is 4.35. The van der Waals surface area contributed by atoms with Gasteiger partial charge in [-0.05, 0) is 24.0 Å². The van der Waals surface area contributed by atoms with Gasteiger partial charge in [0.1, 0.15) is 6.04 Å². The zero-order valence-electron chi connectivity index (χ0n) is 15.5. The van der Waals surface area contributed by atoms with Crippen LogP contribution in [-0.4, -0.2) is 45.7 Å². The van der Waals surface area contributed by atoms with Gasteiger partial charge in [0.2, 0.25) is 0 Å². The SMILES string of the molecule is O=C(O)[C@H](Cc1ccccc1)NC(=O)N1C[C@H]2C[C@@H](C1)c1cccc(=O)n1C2. The zero-order valence-corrected chi connectivity index (χ0v) is 15.5. The Kier molecular flexibility index (Phi) is 4.90. The number of carboxylic acid groups (broad SMARTS) is 1. The van der Waals surface area contributed by atoms with Gasteiger partial charge >= 0.3 is 12.0 Å². The molecule has 3 heterocycles. The van der Waals surface area contributed by atoms with Crippen LogP contribution in [0.1, 0.15) is 23.6 Å². The lowest BCUT2D eigenvalue weighted by Crippen LogP contribution is -2.55. The molecule has 1 fully saturated rings. The molecule has 1 saturated heterocycles. The third-order valence-electron chi connectivity index (χ3n) is 5.65. The first-order chi connectivity index (χ1) is 13.5. The average Bonchev–Trinajstić information content (AvgIpc) is 2.69. The summed E-state index contributed by atoms with van der Waals surface area (Å²) in [5.41, 5.74) is 1.82. The molecule has 2 amide bonds. The number of aliphatic carboxylic acids is 1. The highest BCUT2D eigenvalue weighted by atomic mass is 16.4. The van der Waals surface area contributed by atoms with Crippen LogP contribution in [0.25, 0.3) is 0 Å². The van der Waals surface area contributed by atoms with E-state index in [1.165, 1.54) is 0 Å². The van der Waals surface area contributed by atoms with E-state index in [1.54, 1.807) is 17.0 Å². The van der Waals surface area contributed by atoms with Gasteiger partial charge in [0.05, 0.1) is 0 Å². The van der Waals surface area contributed by atoms with Gasteiger partial charge in [-0.2, -0.15) is 0 Å². The van der Waals surface area contributed by atoms with Gasteiger partial charge in [-0.3, -0.25) is 4.79 Å². The number of carboxylic acids is 1. The van der Waals surface area contributed by atoms with Gasteiger partial charge in [0.25, 0.3) is 5.56 Å². The van der Waals surface area contributed by atoms with Crippen molar-refractivity contribution < 1.29 is 14.7 Å². The first kappa shape index (κ1) is 18.3. The molecule has 7 nitrogen and oxygen atoms in total. The number of aromatic nitrogens is 1. The number of rotatable bonds is 4. The van der Waals surface area contributed by atoms with Crippen LogP contribution in [0.3, 0.4) is 0 Å². The van der Waals surface area contributed by atoms with Crippen molar-refractivity contribution >= 4 is 12.0 Å². The van der Waals surface area contributed by atoms with E-state index in [2.05, 4.69) is 5.32 Å². The standard InChI is InChI=1S/C21H23N3O4/c25-19-8-4-7-18-16-9-15(12-24(18)19)11-23(13-16)21(28)22-17(20(26)27)10-14-5-2-1-3-6-14/h1-8,15-17H,9-13H2,(H,22,28)(H,26,27)/t15-,16+,17+/m1/s1. The van der Waals surface area contributed by atoms with Crippen molar-refractivity contribution in [1.29, 1.82) is 0 Å². The monoisotopic (exact) mass is 381 g/mol. The maximum atomic E-state index is 12.8. The summed E-state index contributed by atoms with van der Waals surface area (Å²) in [6.07, 6.45) is 1.18. The molecule has 28 heavy (non-hydrogen) atoms. The second kappa shape index (κ2) is 7.50. The largest absolute Gasteiger partial charge is 0.480 e. The van der Waals surface area contributed by atoms with Crippen molar-refractivity contribution in [2.24, 2.45) is 5.92 Å². The van der Waals surface area contributed by atoms with Crippen LogP contribution in [-0.2, 0) is 17.8 Å². The molecule has 146 valence electrons. The second-order valence-corrected chi connectivity index (χ2v) is 7.63. The summed E-state index contributed by atoms with van der Waals surface area (Å²) < 4.78 is 1.81. The number of pyridine rings is 1.